The van der Waals surface area contributed by atoms with Gasteiger partial charge in [-0.2, -0.15) is 0 Å². The lowest BCUT2D eigenvalue weighted by Crippen LogP contribution is -2.23. The van der Waals surface area contributed by atoms with E-state index < -0.39 is 5.25 Å². The molecule has 3 aromatic rings. The van der Waals surface area contributed by atoms with Gasteiger partial charge < -0.3 is 9.88 Å². The zero-order chi connectivity index (χ0) is 20.3. The van der Waals surface area contributed by atoms with Crippen LogP contribution in [0.1, 0.15) is 24.2 Å². The highest BCUT2D eigenvalue weighted by molar-refractivity contribution is 8.00. The fourth-order valence-corrected chi connectivity index (χ4v) is 3.38. The molecule has 0 aliphatic heterocycles. The van der Waals surface area contributed by atoms with E-state index in [1.807, 2.05) is 0 Å². The Kier molecular flexibility index (Phi) is 5.89. The smallest absolute Gasteiger partial charge is 0.237 e. The van der Waals surface area contributed by atoms with Gasteiger partial charge in [0.2, 0.25) is 5.91 Å². The summed E-state index contributed by atoms with van der Waals surface area (Å²) in [5.41, 5.74) is 1.43. The highest BCUT2D eigenvalue weighted by atomic mass is 32.2. The van der Waals surface area contributed by atoms with Crippen molar-refractivity contribution in [3.05, 3.63) is 59.9 Å². The third-order valence-electron chi connectivity index (χ3n) is 4.14. The van der Waals surface area contributed by atoms with E-state index in [0.717, 1.165) is 0 Å². The topological polar surface area (TPSA) is 76.9 Å². The number of thioether (sulfide) groups is 1. The SMILES string of the molecule is CC(=O)c1cccc(NC(=O)[C@H](C)Sc2nnc(-c3ccccc3F)n2C)c1. The van der Waals surface area contributed by atoms with E-state index in [1.165, 1.54) is 24.8 Å². The van der Waals surface area contributed by atoms with Crippen molar-refractivity contribution < 1.29 is 14.0 Å². The monoisotopic (exact) mass is 398 g/mol. The van der Waals surface area contributed by atoms with Crippen molar-refractivity contribution >= 4 is 29.1 Å². The first-order valence-corrected chi connectivity index (χ1v) is 9.47. The number of rotatable bonds is 6. The lowest BCUT2D eigenvalue weighted by atomic mass is 10.1. The number of carbonyl (C=O) groups is 2. The van der Waals surface area contributed by atoms with Crippen LogP contribution in [0.4, 0.5) is 10.1 Å². The van der Waals surface area contributed by atoms with Crippen molar-refractivity contribution in [2.75, 3.05) is 5.32 Å². The zero-order valence-corrected chi connectivity index (χ0v) is 16.5. The summed E-state index contributed by atoms with van der Waals surface area (Å²) in [7, 11) is 1.73. The van der Waals surface area contributed by atoms with E-state index in [4.69, 9.17) is 0 Å². The van der Waals surface area contributed by atoms with Crippen LogP contribution in [0.25, 0.3) is 11.4 Å². The number of benzene rings is 2. The van der Waals surface area contributed by atoms with Crippen LogP contribution in [-0.4, -0.2) is 31.7 Å². The molecule has 144 valence electrons. The molecule has 1 N–H and O–H groups in total. The summed E-state index contributed by atoms with van der Waals surface area (Å²) in [6, 6.07) is 13.1. The first kappa shape index (κ1) is 19.8. The average Bonchev–Trinajstić information content (AvgIpc) is 3.02. The molecule has 1 amide bonds. The molecule has 0 aliphatic rings. The number of nitrogens with zero attached hydrogens (tertiary/aromatic N) is 3. The fourth-order valence-electron chi connectivity index (χ4n) is 2.57. The maximum atomic E-state index is 14.0. The van der Waals surface area contributed by atoms with Gasteiger partial charge >= 0.3 is 0 Å². The van der Waals surface area contributed by atoms with E-state index >= 15 is 0 Å². The van der Waals surface area contributed by atoms with Crippen molar-refractivity contribution in [3.63, 3.8) is 0 Å². The first-order valence-electron chi connectivity index (χ1n) is 8.59. The summed E-state index contributed by atoms with van der Waals surface area (Å²) in [6.07, 6.45) is 0. The average molecular weight is 398 g/mol. The maximum absolute atomic E-state index is 14.0. The molecule has 0 fully saturated rings. The van der Waals surface area contributed by atoms with Crippen molar-refractivity contribution in [1.82, 2.24) is 14.8 Å². The van der Waals surface area contributed by atoms with Gasteiger partial charge in [0.1, 0.15) is 5.82 Å². The van der Waals surface area contributed by atoms with Crippen LogP contribution in [0.2, 0.25) is 0 Å². The van der Waals surface area contributed by atoms with Crippen molar-refractivity contribution in [3.8, 4) is 11.4 Å². The van der Waals surface area contributed by atoms with Crippen LogP contribution in [-0.2, 0) is 11.8 Å². The van der Waals surface area contributed by atoms with Gasteiger partial charge in [0.25, 0.3) is 0 Å². The Balaban J connectivity index is 1.72. The Hall–Kier alpha value is -3.00. The van der Waals surface area contributed by atoms with E-state index in [-0.39, 0.29) is 17.5 Å². The lowest BCUT2D eigenvalue weighted by molar-refractivity contribution is -0.115. The summed E-state index contributed by atoms with van der Waals surface area (Å²) in [5.74, 6) is -0.299. The molecular weight excluding hydrogens is 379 g/mol. The number of amides is 1. The number of aromatic nitrogens is 3. The molecule has 1 heterocycles. The van der Waals surface area contributed by atoms with Gasteiger partial charge in [-0.25, -0.2) is 4.39 Å². The molecule has 0 aliphatic carbocycles. The van der Waals surface area contributed by atoms with E-state index in [9.17, 15) is 14.0 Å². The Morgan fingerprint density at radius 3 is 2.61 bits per heavy atom. The number of anilines is 1. The third kappa shape index (κ3) is 4.28. The minimum atomic E-state index is -0.475. The van der Waals surface area contributed by atoms with Crippen LogP contribution in [0.3, 0.4) is 0 Å². The highest BCUT2D eigenvalue weighted by Gasteiger charge is 2.20. The van der Waals surface area contributed by atoms with Crippen LogP contribution in [0.5, 0.6) is 0 Å². The molecule has 0 saturated carbocycles. The molecule has 1 aromatic heterocycles. The normalized spacial score (nSPS) is 11.9. The molecule has 8 heteroatoms. The molecule has 0 spiro atoms. The number of nitrogens with one attached hydrogen (secondary N) is 1. The maximum Gasteiger partial charge on any atom is 0.237 e. The molecule has 0 bridgehead atoms. The van der Waals surface area contributed by atoms with Crippen LogP contribution in [0, 0.1) is 5.82 Å². The number of ketones is 1. The zero-order valence-electron chi connectivity index (χ0n) is 15.6. The molecular formula is C20H19FN4O2S. The number of halogens is 1. The summed E-state index contributed by atoms with van der Waals surface area (Å²) >= 11 is 1.22. The second-order valence-corrected chi connectivity index (χ2v) is 7.54. The van der Waals surface area contributed by atoms with Gasteiger partial charge in [-0.1, -0.05) is 36.0 Å². The van der Waals surface area contributed by atoms with Gasteiger partial charge in [0.15, 0.2) is 16.8 Å². The molecule has 6 nitrogen and oxygen atoms in total. The Morgan fingerprint density at radius 2 is 1.89 bits per heavy atom. The summed E-state index contributed by atoms with van der Waals surface area (Å²) in [5, 5.41) is 11.0. The van der Waals surface area contributed by atoms with Crippen LogP contribution in [0.15, 0.2) is 53.7 Å². The predicted molar refractivity (Wildman–Crippen MR) is 107 cm³/mol. The first-order chi connectivity index (χ1) is 13.4. The molecule has 28 heavy (non-hydrogen) atoms. The molecule has 3 rings (SSSR count). The summed E-state index contributed by atoms with van der Waals surface area (Å²) < 4.78 is 15.7. The van der Waals surface area contributed by atoms with Crippen molar-refractivity contribution in [2.45, 2.75) is 24.3 Å². The number of carbonyl (C=O) groups excluding carboxylic acids is 2. The number of hydrogen-bond acceptors (Lipinski definition) is 5. The largest absolute Gasteiger partial charge is 0.325 e. The van der Waals surface area contributed by atoms with E-state index in [0.29, 0.717) is 27.8 Å². The second-order valence-electron chi connectivity index (χ2n) is 6.23. The fraction of sp³-hybridized carbons (Fsp3) is 0.200. The van der Waals surface area contributed by atoms with Gasteiger partial charge in [-0.3, -0.25) is 9.59 Å². The minimum Gasteiger partial charge on any atom is -0.325 e. The molecule has 0 radical (unpaired) electrons. The summed E-state index contributed by atoms with van der Waals surface area (Å²) in [4.78, 5) is 24.0. The van der Waals surface area contributed by atoms with Crippen molar-refractivity contribution in [1.29, 1.82) is 0 Å². The van der Waals surface area contributed by atoms with E-state index in [1.54, 1.807) is 61.0 Å². The Bertz CT molecular complexity index is 1030. The summed E-state index contributed by atoms with van der Waals surface area (Å²) in [6.45, 7) is 3.22. The van der Waals surface area contributed by atoms with Crippen LogP contribution < -0.4 is 5.32 Å². The molecule has 0 saturated heterocycles. The Labute approximate surface area is 166 Å². The Morgan fingerprint density at radius 1 is 1.14 bits per heavy atom. The van der Waals surface area contributed by atoms with Crippen molar-refractivity contribution in [2.24, 2.45) is 7.05 Å². The molecule has 0 unspecified atom stereocenters. The number of Topliss-reactive ketones (excluding diaryl/α,β-unsaturated/α-hetero) is 1. The molecule has 2 aromatic carbocycles. The predicted octanol–water partition coefficient (Wildman–Crippen LogP) is 3.94. The van der Waals surface area contributed by atoms with E-state index in [2.05, 4.69) is 15.5 Å². The highest BCUT2D eigenvalue weighted by Crippen LogP contribution is 2.27. The quantitative estimate of drug-likeness (QED) is 0.503. The lowest BCUT2D eigenvalue weighted by Gasteiger charge is -2.12. The van der Waals surface area contributed by atoms with Gasteiger partial charge in [0.05, 0.1) is 10.8 Å². The van der Waals surface area contributed by atoms with Gasteiger partial charge in [-0.15, -0.1) is 10.2 Å². The van der Waals surface area contributed by atoms with Gasteiger partial charge in [0, 0.05) is 18.3 Å². The number of hydrogen-bond donors (Lipinski definition) is 1. The minimum absolute atomic E-state index is 0.0710. The third-order valence-corrected chi connectivity index (χ3v) is 5.27. The molecule has 1 atom stereocenters. The second kappa shape index (κ2) is 8.35. The van der Waals surface area contributed by atoms with Crippen LogP contribution >= 0.6 is 11.8 Å². The standard InChI is InChI=1S/C20H19FN4O2S/c1-12(26)14-7-6-8-15(11-14)22-19(27)13(2)28-20-24-23-18(25(20)3)16-9-4-5-10-17(16)21/h4-11,13H,1-3H3,(H,22,27)/t13-/m0/s1. The van der Waals surface area contributed by atoms with Gasteiger partial charge in [-0.05, 0) is 38.1 Å².